The predicted octanol–water partition coefficient (Wildman–Crippen LogP) is 3.14. The number of hydrogen-bond donors (Lipinski definition) is 0. The zero-order chi connectivity index (χ0) is 13.7. The standard InChI is InChI=1S/C13H14BrNO4/c14-5-6-18-13-8-11(9-19-13)7-10-1-3-12(4-2-10)15(16)17/h1-4,7,13H,5-6,8-9H2/b11-7+. The molecule has 5 nitrogen and oxygen atoms in total. The molecule has 102 valence electrons. The van der Waals surface area contributed by atoms with Crippen LogP contribution < -0.4 is 0 Å². The Balaban J connectivity index is 1.96. The molecule has 1 aromatic carbocycles. The molecule has 1 fully saturated rings. The van der Waals surface area contributed by atoms with Crippen molar-refractivity contribution >= 4 is 27.7 Å². The van der Waals surface area contributed by atoms with Crippen LogP contribution >= 0.6 is 15.9 Å². The molecule has 0 N–H and O–H groups in total. The smallest absolute Gasteiger partial charge is 0.269 e. The van der Waals surface area contributed by atoms with Crippen molar-refractivity contribution in [1.82, 2.24) is 0 Å². The Labute approximate surface area is 119 Å². The third kappa shape index (κ3) is 4.12. The average Bonchev–Trinajstić information content (AvgIpc) is 2.84. The van der Waals surface area contributed by atoms with Crippen LogP contribution in [0, 0.1) is 10.1 Å². The van der Waals surface area contributed by atoms with Gasteiger partial charge in [0.2, 0.25) is 0 Å². The quantitative estimate of drug-likeness (QED) is 0.473. The number of nitro groups is 1. The first-order chi connectivity index (χ1) is 9.19. The largest absolute Gasteiger partial charge is 0.351 e. The molecule has 1 saturated heterocycles. The lowest BCUT2D eigenvalue weighted by Gasteiger charge is -2.07. The van der Waals surface area contributed by atoms with Crippen molar-refractivity contribution in [3.8, 4) is 0 Å². The van der Waals surface area contributed by atoms with Crippen LogP contribution in [0.5, 0.6) is 0 Å². The fraction of sp³-hybridized carbons (Fsp3) is 0.385. The van der Waals surface area contributed by atoms with Gasteiger partial charge in [-0.3, -0.25) is 10.1 Å². The molecule has 0 aromatic heterocycles. The molecule has 0 aliphatic carbocycles. The van der Waals surface area contributed by atoms with E-state index in [2.05, 4.69) is 15.9 Å². The number of halogens is 1. The van der Waals surface area contributed by atoms with Crippen LogP contribution in [0.25, 0.3) is 6.08 Å². The van der Waals surface area contributed by atoms with Crippen LogP contribution in [-0.4, -0.2) is 29.8 Å². The zero-order valence-electron chi connectivity index (χ0n) is 10.3. The van der Waals surface area contributed by atoms with Crippen molar-refractivity contribution in [3.63, 3.8) is 0 Å². The second-order valence-electron chi connectivity index (χ2n) is 4.16. The highest BCUT2D eigenvalue weighted by atomic mass is 79.9. The fourth-order valence-corrected chi connectivity index (χ4v) is 2.03. The summed E-state index contributed by atoms with van der Waals surface area (Å²) in [7, 11) is 0. The number of benzene rings is 1. The third-order valence-corrected chi connectivity index (χ3v) is 3.06. The number of ether oxygens (including phenoxy) is 2. The molecule has 19 heavy (non-hydrogen) atoms. The second kappa shape index (κ2) is 6.79. The van der Waals surface area contributed by atoms with Gasteiger partial charge in [0.05, 0.1) is 18.1 Å². The number of rotatable bonds is 5. The Morgan fingerprint density at radius 3 is 2.84 bits per heavy atom. The van der Waals surface area contributed by atoms with Gasteiger partial charge >= 0.3 is 0 Å². The Morgan fingerprint density at radius 2 is 2.21 bits per heavy atom. The van der Waals surface area contributed by atoms with Gasteiger partial charge in [-0.2, -0.15) is 0 Å². The molecule has 0 spiro atoms. The summed E-state index contributed by atoms with van der Waals surface area (Å²) in [6, 6.07) is 6.47. The van der Waals surface area contributed by atoms with Crippen molar-refractivity contribution in [2.75, 3.05) is 18.5 Å². The monoisotopic (exact) mass is 327 g/mol. The maximum absolute atomic E-state index is 10.5. The van der Waals surface area contributed by atoms with E-state index in [0.717, 1.165) is 22.9 Å². The van der Waals surface area contributed by atoms with Crippen molar-refractivity contribution in [2.45, 2.75) is 12.7 Å². The highest BCUT2D eigenvalue weighted by molar-refractivity contribution is 9.09. The van der Waals surface area contributed by atoms with E-state index < -0.39 is 4.92 Å². The van der Waals surface area contributed by atoms with E-state index in [9.17, 15) is 10.1 Å². The van der Waals surface area contributed by atoms with E-state index in [1.165, 1.54) is 12.1 Å². The van der Waals surface area contributed by atoms with Crippen molar-refractivity contribution in [1.29, 1.82) is 0 Å². The summed E-state index contributed by atoms with van der Waals surface area (Å²) in [5.74, 6) is 0. The number of nitro benzene ring substituents is 1. The number of alkyl halides is 1. The van der Waals surface area contributed by atoms with Crippen LogP contribution in [0.1, 0.15) is 12.0 Å². The summed E-state index contributed by atoms with van der Waals surface area (Å²) >= 11 is 3.29. The minimum atomic E-state index is -0.403. The second-order valence-corrected chi connectivity index (χ2v) is 4.95. The van der Waals surface area contributed by atoms with Crippen molar-refractivity contribution < 1.29 is 14.4 Å². The highest BCUT2D eigenvalue weighted by Gasteiger charge is 2.20. The Morgan fingerprint density at radius 1 is 1.47 bits per heavy atom. The summed E-state index contributed by atoms with van der Waals surface area (Å²) in [6.07, 6.45) is 2.55. The predicted molar refractivity (Wildman–Crippen MR) is 75.2 cm³/mol. The minimum absolute atomic E-state index is 0.100. The first kappa shape index (κ1) is 14.2. The first-order valence-electron chi connectivity index (χ1n) is 5.92. The molecule has 1 unspecified atom stereocenters. The molecule has 0 radical (unpaired) electrons. The van der Waals surface area contributed by atoms with Crippen LogP contribution in [-0.2, 0) is 9.47 Å². The lowest BCUT2D eigenvalue weighted by atomic mass is 10.1. The van der Waals surface area contributed by atoms with E-state index in [0.29, 0.717) is 13.2 Å². The molecule has 6 heteroatoms. The minimum Gasteiger partial charge on any atom is -0.351 e. The van der Waals surface area contributed by atoms with Gasteiger partial charge in [-0.15, -0.1) is 0 Å². The Bertz CT molecular complexity index is 472. The summed E-state index contributed by atoms with van der Waals surface area (Å²) in [6.45, 7) is 1.17. The first-order valence-corrected chi connectivity index (χ1v) is 7.04. The van der Waals surface area contributed by atoms with Crippen LogP contribution in [0.15, 0.2) is 29.8 Å². The number of nitrogens with zero attached hydrogens (tertiary/aromatic N) is 1. The SMILES string of the molecule is O=[N+]([O-])c1ccc(/C=C2/COC(OCCBr)C2)cc1. The maximum Gasteiger partial charge on any atom is 0.269 e. The van der Waals surface area contributed by atoms with Gasteiger partial charge in [-0.05, 0) is 23.3 Å². The van der Waals surface area contributed by atoms with Gasteiger partial charge in [-0.25, -0.2) is 0 Å². The summed E-state index contributed by atoms with van der Waals surface area (Å²) in [5.41, 5.74) is 2.17. The molecule has 1 aromatic rings. The fourth-order valence-electron chi connectivity index (χ4n) is 1.84. The lowest BCUT2D eigenvalue weighted by molar-refractivity contribution is -0.384. The zero-order valence-corrected chi connectivity index (χ0v) is 11.8. The molecule has 1 aliphatic heterocycles. The number of non-ortho nitro benzene ring substituents is 1. The normalized spacial score (nSPS) is 20.9. The molecule has 0 bridgehead atoms. The molecule has 1 heterocycles. The topological polar surface area (TPSA) is 61.6 Å². The third-order valence-electron chi connectivity index (χ3n) is 2.74. The molecular formula is C13H14BrNO4. The van der Waals surface area contributed by atoms with Gasteiger partial charge in [0, 0.05) is 23.9 Å². The maximum atomic E-state index is 10.5. The molecule has 1 atom stereocenters. The van der Waals surface area contributed by atoms with Gasteiger partial charge < -0.3 is 9.47 Å². The van der Waals surface area contributed by atoms with Crippen LogP contribution in [0.2, 0.25) is 0 Å². The van der Waals surface area contributed by atoms with E-state index >= 15 is 0 Å². The molecule has 1 aliphatic rings. The van der Waals surface area contributed by atoms with Gasteiger partial charge in [-0.1, -0.05) is 22.0 Å². The summed E-state index contributed by atoms with van der Waals surface area (Å²) in [4.78, 5) is 10.1. The molecular weight excluding hydrogens is 314 g/mol. The van der Waals surface area contributed by atoms with Crippen molar-refractivity contribution in [2.24, 2.45) is 0 Å². The number of hydrogen-bond acceptors (Lipinski definition) is 4. The molecule has 0 saturated carbocycles. The Hall–Kier alpha value is -1.24. The van der Waals surface area contributed by atoms with E-state index in [1.807, 2.05) is 6.08 Å². The van der Waals surface area contributed by atoms with Gasteiger partial charge in [0.25, 0.3) is 5.69 Å². The van der Waals surface area contributed by atoms with E-state index in [4.69, 9.17) is 9.47 Å². The van der Waals surface area contributed by atoms with Crippen LogP contribution in [0.4, 0.5) is 5.69 Å². The summed E-state index contributed by atoms with van der Waals surface area (Å²) in [5, 5.41) is 11.3. The van der Waals surface area contributed by atoms with E-state index in [1.54, 1.807) is 12.1 Å². The molecule has 2 rings (SSSR count). The van der Waals surface area contributed by atoms with Gasteiger partial charge in [0.1, 0.15) is 0 Å². The summed E-state index contributed by atoms with van der Waals surface area (Å²) < 4.78 is 11.0. The molecule has 0 amide bonds. The average molecular weight is 328 g/mol. The van der Waals surface area contributed by atoms with Gasteiger partial charge in [0.15, 0.2) is 6.29 Å². The Kier molecular flexibility index (Phi) is 5.07. The lowest BCUT2D eigenvalue weighted by Crippen LogP contribution is -2.11. The van der Waals surface area contributed by atoms with Crippen LogP contribution in [0.3, 0.4) is 0 Å². The van der Waals surface area contributed by atoms with Crippen molar-refractivity contribution in [3.05, 3.63) is 45.5 Å². The highest BCUT2D eigenvalue weighted by Crippen LogP contribution is 2.23. The van der Waals surface area contributed by atoms with E-state index in [-0.39, 0.29) is 12.0 Å².